The van der Waals surface area contributed by atoms with Crippen LogP contribution in [0.3, 0.4) is 0 Å². The van der Waals surface area contributed by atoms with Crippen molar-refractivity contribution in [3.05, 3.63) is 77.3 Å². The summed E-state index contributed by atoms with van der Waals surface area (Å²) in [4.78, 5) is 0. The van der Waals surface area contributed by atoms with Gasteiger partial charge in [0.15, 0.2) is 0 Å². The summed E-state index contributed by atoms with van der Waals surface area (Å²) >= 11 is 3.45. The SMILES string of the molecule is Oc1ccccc1-c1ccccc1-c1ccc(Br)cc1. The van der Waals surface area contributed by atoms with Crippen LogP contribution in [0.2, 0.25) is 0 Å². The Labute approximate surface area is 126 Å². The molecule has 0 saturated heterocycles. The van der Waals surface area contributed by atoms with Gasteiger partial charge in [0.2, 0.25) is 0 Å². The van der Waals surface area contributed by atoms with Gasteiger partial charge in [0.25, 0.3) is 0 Å². The van der Waals surface area contributed by atoms with E-state index in [-0.39, 0.29) is 0 Å². The Bertz CT molecular complexity index is 732. The van der Waals surface area contributed by atoms with Crippen LogP contribution in [0.1, 0.15) is 0 Å². The minimum absolute atomic E-state index is 0.303. The molecular formula is C18H13BrO. The van der Waals surface area contributed by atoms with Crippen LogP contribution < -0.4 is 0 Å². The predicted molar refractivity (Wildman–Crippen MR) is 86.7 cm³/mol. The molecule has 3 aromatic rings. The minimum Gasteiger partial charge on any atom is -0.507 e. The summed E-state index contributed by atoms with van der Waals surface area (Å²) in [7, 11) is 0. The van der Waals surface area contributed by atoms with Gasteiger partial charge in [-0.25, -0.2) is 0 Å². The highest BCUT2D eigenvalue weighted by molar-refractivity contribution is 9.10. The molecule has 0 spiro atoms. The fourth-order valence-electron chi connectivity index (χ4n) is 2.30. The zero-order valence-corrected chi connectivity index (χ0v) is 12.3. The highest BCUT2D eigenvalue weighted by Gasteiger charge is 2.09. The average Bonchev–Trinajstić information content (AvgIpc) is 2.49. The Morgan fingerprint density at radius 2 is 1.15 bits per heavy atom. The van der Waals surface area contributed by atoms with Crippen LogP contribution in [-0.4, -0.2) is 5.11 Å². The van der Waals surface area contributed by atoms with Gasteiger partial charge in [-0.15, -0.1) is 0 Å². The van der Waals surface area contributed by atoms with Crippen molar-refractivity contribution in [3.63, 3.8) is 0 Å². The molecule has 0 aliphatic heterocycles. The number of hydrogen-bond acceptors (Lipinski definition) is 1. The number of benzene rings is 3. The van der Waals surface area contributed by atoms with E-state index in [2.05, 4.69) is 34.1 Å². The summed E-state index contributed by atoms with van der Waals surface area (Å²) in [5.74, 6) is 0.303. The highest BCUT2D eigenvalue weighted by Crippen LogP contribution is 2.36. The Kier molecular flexibility index (Phi) is 3.57. The molecule has 0 atom stereocenters. The second kappa shape index (κ2) is 5.51. The molecule has 0 aliphatic rings. The molecule has 0 saturated carbocycles. The molecule has 3 aromatic carbocycles. The molecule has 1 N–H and O–H groups in total. The van der Waals surface area contributed by atoms with Crippen molar-refractivity contribution in [2.75, 3.05) is 0 Å². The molecule has 3 rings (SSSR count). The van der Waals surface area contributed by atoms with Crippen molar-refractivity contribution < 1.29 is 5.11 Å². The number of para-hydroxylation sites is 1. The predicted octanol–water partition coefficient (Wildman–Crippen LogP) is 5.49. The van der Waals surface area contributed by atoms with E-state index in [0.717, 1.165) is 26.7 Å². The fraction of sp³-hybridized carbons (Fsp3) is 0. The van der Waals surface area contributed by atoms with Gasteiger partial charge >= 0.3 is 0 Å². The molecule has 0 heterocycles. The smallest absolute Gasteiger partial charge is 0.123 e. The van der Waals surface area contributed by atoms with E-state index in [9.17, 15) is 5.11 Å². The molecule has 0 bridgehead atoms. The lowest BCUT2D eigenvalue weighted by atomic mass is 9.94. The number of aromatic hydroxyl groups is 1. The van der Waals surface area contributed by atoms with E-state index >= 15 is 0 Å². The molecule has 0 fully saturated rings. The van der Waals surface area contributed by atoms with E-state index in [1.807, 2.05) is 48.5 Å². The minimum atomic E-state index is 0.303. The molecule has 0 unspecified atom stereocenters. The summed E-state index contributed by atoms with van der Waals surface area (Å²) in [6, 6.07) is 23.7. The van der Waals surface area contributed by atoms with Crippen LogP contribution >= 0.6 is 15.9 Å². The lowest BCUT2D eigenvalue weighted by Crippen LogP contribution is -1.85. The Hall–Kier alpha value is -2.06. The van der Waals surface area contributed by atoms with Crippen LogP contribution in [0.15, 0.2) is 77.3 Å². The van der Waals surface area contributed by atoms with Gasteiger partial charge in [0, 0.05) is 10.0 Å². The summed E-state index contributed by atoms with van der Waals surface area (Å²) in [5, 5.41) is 10.1. The summed E-state index contributed by atoms with van der Waals surface area (Å²) in [6.45, 7) is 0. The first-order chi connectivity index (χ1) is 9.75. The van der Waals surface area contributed by atoms with Crippen molar-refractivity contribution in [2.45, 2.75) is 0 Å². The summed E-state index contributed by atoms with van der Waals surface area (Å²) in [6.07, 6.45) is 0. The van der Waals surface area contributed by atoms with E-state index in [1.165, 1.54) is 0 Å². The molecule has 0 amide bonds. The topological polar surface area (TPSA) is 20.2 Å². The third-order valence-electron chi connectivity index (χ3n) is 3.28. The van der Waals surface area contributed by atoms with Gasteiger partial charge < -0.3 is 5.11 Å². The Morgan fingerprint density at radius 3 is 1.80 bits per heavy atom. The van der Waals surface area contributed by atoms with Crippen LogP contribution in [0.25, 0.3) is 22.3 Å². The fourth-order valence-corrected chi connectivity index (χ4v) is 2.56. The largest absolute Gasteiger partial charge is 0.507 e. The molecule has 0 aromatic heterocycles. The van der Waals surface area contributed by atoms with E-state index in [1.54, 1.807) is 6.07 Å². The maximum Gasteiger partial charge on any atom is 0.123 e. The standard InChI is InChI=1S/C18H13BrO/c19-14-11-9-13(10-12-14)15-5-1-2-6-16(15)17-7-3-4-8-18(17)20/h1-12,20H. The number of rotatable bonds is 2. The summed E-state index contributed by atoms with van der Waals surface area (Å²) < 4.78 is 1.06. The van der Waals surface area contributed by atoms with Gasteiger partial charge in [0.1, 0.15) is 5.75 Å². The number of halogens is 1. The maximum absolute atomic E-state index is 10.1. The number of hydrogen-bond donors (Lipinski definition) is 1. The van der Waals surface area contributed by atoms with Gasteiger partial charge in [-0.2, -0.15) is 0 Å². The van der Waals surface area contributed by atoms with Crippen LogP contribution in [0, 0.1) is 0 Å². The Balaban J connectivity index is 2.19. The second-order valence-electron chi connectivity index (χ2n) is 4.57. The first-order valence-corrected chi connectivity index (χ1v) is 7.18. The first kappa shape index (κ1) is 12.9. The molecular weight excluding hydrogens is 312 g/mol. The van der Waals surface area contributed by atoms with Gasteiger partial charge in [-0.1, -0.05) is 70.5 Å². The van der Waals surface area contributed by atoms with Crippen molar-refractivity contribution in [2.24, 2.45) is 0 Å². The third-order valence-corrected chi connectivity index (χ3v) is 3.81. The normalized spacial score (nSPS) is 10.4. The van der Waals surface area contributed by atoms with E-state index in [0.29, 0.717) is 5.75 Å². The lowest BCUT2D eigenvalue weighted by molar-refractivity contribution is 0.477. The molecule has 0 radical (unpaired) electrons. The van der Waals surface area contributed by atoms with Gasteiger partial charge in [-0.05, 0) is 34.9 Å². The molecule has 0 aliphatic carbocycles. The second-order valence-corrected chi connectivity index (χ2v) is 5.49. The third kappa shape index (κ3) is 2.47. The average molecular weight is 325 g/mol. The lowest BCUT2D eigenvalue weighted by Gasteiger charge is -2.11. The van der Waals surface area contributed by atoms with Crippen LogP contribution in [0.4, 0.5) is 0 Å². The molecule has 2 heteroatoms. The number of phenols is 1. The van der Waals surface area contributed by atoms with Crippen molar-refractivity contribution >= 4 is 15.9 Å². The zero-order chi connectivity index (χ0) is 13.9. The summed E-state index contributed by atoms with van der Waals surface area (Å²) in [5.41, 5.74) is 4.13. The van der Waals surface area contributed by atoms with E-state index < -0.39 is 0 Å². The van der Waals surface area contributed by atoms with Gasteiger partial charge in [-0.3, -0.25) is 0 Å². The maximum atomic E-state index is 10.1. The van der Waals surface area contributed by atoms with Crippen molar-refractivity contribution in [1.82, 2.24) is 0 Å². The quantitative estimate of drug-likeness (QED) is 0.661. The van der Waals surface area contributed by atoms with Crippen molar-refractivity contribution in [3.8, 4) is 28.0 Å². The highest BCUT2D eigenvalue weighted by atomic mass is 79.9. The van der Waals surface area contributed by atoms with Crippen molar-refractivity contribution in [1.29, 1.82) is 0 Å². The van der Waals surface area contributed by atoms with E-state index in [4.69, 9.17) is 0 Å². The Morgan fingerprint density at radius 1 is 0.600 bits per heavy atom. The zero-order valence-electron chi connectivity index (χ0n) is 10.8. The monoisotopic (exact) mass is 324 g/mol. The molecule has 98 valence electrons. The number of phenolic OH excluding ortho intramolecular Hbond substituents is 1. The van der Waals surface area contributed by atoms with Crippen LogP contribution in [-0.2, 0) is 0 Å². The molecule has 1 nitrogen and oxygen atoms in total. The first-order valence-electron chi connectivity index (χ1n) is 6.39. The molecule has 20 heavy (non-hydrogen) atoms. The van der Waals surface area contributed by atoms with Gasteiger partial charge in [0.05, 0.1) is 0 Å². The van der Waals surface area contributed by atoms with Crippen LogP contribution in [0.5, 0.6) is 5.75 Å².